The van der Waals surface area contributed by atoms with E-state index in [2.05, 4.69) is 20.9 Å². The highest BCUT2D eigenvalue weighted by atomic mass is 16.6. The van der Waals surface area contributed by atoms with Crippen molar-refractivity contribution < 1.29 is 28.7 Å². The molecule has 12 heteroatoms. The molecule has 2 aromatic carbocycles. The second-order valence-electron chi connectivity index (χ2n) is 11.4. The number of benzene rings is 2. The van der Waals surface area contributed by atoms with Crippen molar-refractivity contribution in [3.8, 4) is 0 Å². The second-order valence-corrected chi connectivity index (χ2v) is 11.4. The maximum atomic E-state index is 13.3. The largest absolute Gasteiger partial charge is 0.445 e. The molecule has 0 aliphatic carbocycles. The number of amides is 4. The molecule has 2 fully saturated rings. The van der Waals surface area contributed by atoms with E-state index in [0.29, 0.717) is 50.9 Å². The van der Waals surface area contributed by atoms with Crippen molar-refractivity contribution in [2.45, 2.75) is 70.7 Å². The van der Waals surface area contributed by atoms with Crippen LogP contribution in [0.3, 0.4) is 0 Å². The Labute approximate surface area is 257 Å². The summed E-state index contributed by atoms with van der Waals surface area (Å²) < 4.78 is 5.51. The molecule has 0 unspecified atom stereocenters. The average Bonchev–Trinajstić information content (AvgIpc) is 3.72. The third-order valence-corrected chi connectivity index (χ3v) is 7.59. The van der Waals surface area contributed by atoms with Gasteiger partial charge in [0.15, 0.2) is 0 Å². The molecular formula is C32H39N6O6. The van der Waals surface area contributed by atoms with Gasteiger partial charge in [-0.1, -0.05) is 44.2 Å². The van der Waals surface area contributed by atoms with Gasteiger partial charge in [0.2, 0.25) is 24.0 Å². The van der Waals surface area contributed by atoms with Gasteiger partial charge >= 0.3 is 6.09 Å². The number of nitrogens with zero attached hydrogens (tertiary/aromatic N) is 4. The molecule has 2 N–H and O–H groups in total. The number of hydrogen-bond donors (Lipinski definition) is 2. The van der Waals surface area contributed by atoms with Gasteiger partial charge in [0.25, 0.3) is 0 Å². The summed E-state index contributed by atoms with van der Waals surface area (Å²) in [5, 5.41) is 13.8. The second kappa shape index (κ2) is 15.7. The van der Waals surface area contributed by atoms with Crippen molar-refractivity contribution in [2.75, 3.05) is 19.6 Å². The fourth-order valence-corrected chi connectivity index (χ4v) is 5.30. The summed E-state index contributed by atoms with van der Waals surface area (Å²) in [6, 6.07) is 14.3. The lowest BCUT2D eigenvalue weighted by molar-refractivity contribution is -0.134. The molecule has 0 saturated carbocycles. The highest BCUT2D eigenvalue weighted by Crippen LogP contribution is 2.22. The maximum absolute atomic E-state index is 13.3. The van der Waals surface area contributed by atoms with Crippen LogP contribution in [0, 0.1) is 5.92 Å². The summed E-state index contributed by atoms with van der Waals surface area (Å²) in [6.07, 6.45) is 3.93. The molecule has 1 radical (unpaired) electrons. The lowest BCUT2D eigenvalue weighted by Crippen LogP contribution is -2.54. The van der Waals surface area contributed by atoms with Crippen molar-refractivity contribution >= 4 is 41.5 Å². The van der Waals surface area contributed by atoms with Crippen LogP contribution in [0.1, 0.15) is 51.5 Å². The van der Waals surface area contributed by atoms with Crippen LogP contribution < -0.4 is 10.6 Å². The van der Waals surface area contributed by atoms with E-state index >= 15 is 0 Å². The zero-order valence-corrected chi connectivity index (χ0v) is 25.1. The third-order valence-electron chi connectivity index (χ3n) is 7.59. The van der Waals surface area contributed by atoms with Gasteiger partial charge in [0.1, 0.15) is 18.7 Å². The topological polar surface area (TPSA) is 150 Å². The van der Waals surface area contributed by atoms with Gasteiger partial charge in [-0.05, 0) is 67.9 Å². The molecule has 4 amide bonds. The first-order valence-electron chi connectivity index (χ1n) is 15.0. The van der Waals surface area contributed by atoms with Gasteiger partial charge in [0, 0.05) is 13.1 Å². The zero-order chi connectivity index (χ0) is 31.5. The van der Waals surface area contributed by atoms with Crippen LogP contribution in [0.4, 0.5) is 16.2 Å². The molecule has 3 atom stereocenters. The highest BCUT2D eigenvalue weighted by molar-refractivity contribution is 5.93. The summed E-state index contributed by atoms with van der Waals surface area (Å²) in [7, 11) is 0. The first-order valence-corrected chi connectivity index (χ1v) is 15.0. The Hall–Kier alpha value is -4.61. The highest BCUT2D eigenvalue weighted by Gasteiger charge is 2.37. The minimum Gasteiger partial charge on any atom is -0.445 e. The van der Waals surface area contributed by atoms with Crippen LogP contribution in [0.5, 0.6) is 0 Å². The number of carbonyl (C=O) groups is 4. The molecule has 44 heavy (non-hydrogen) atoms. The van der Waals surface area contributed by atoms with E-state index in [4.69, 9.17) is 4.74 Å². The Morgan fingerprint density at radius 3 is 2.27 bits per heavy atom. The summed E-state index contributed by atoms with van der Waals surface area (Å²) in [5.41, 5.74) is 2.15. The predicted molar refractivity (Wildman–Crippen MR) is 162 cm³/mol. The van der Waals surface area contributed by atoms with Crippen molar-refractivity contribution in [2.24, 2.45) is 16.1 Å². The molecule has 4 rings (SSSR count). The Morgan fingerprint density at radius 1 is 0.932 bits per heavy atom. The molecular weight excluding hydrogens is 564 g/mol. The van der Waals surface area contributed by atoms with E-state index in [1.807, 2.05) is 50.5 Å². The fourth-order valence-electron chi connectivity index (χ4n) is 5.30. The Kier molecular flexibility index (Phi) is 11.6. The van der Waals surface area contributed by atoms with Crippen LogP contribution in [-0.2, 0) is 30.5 Å². The van der Waals surface area contributed by atoms with Gasteiger partial charge in [-0.3, -0.25) is 24.1 Å². The van der Waals surface area contributed by atoms with Crippen molar-refractivity contribution in [3.63, 3.8) is 0 Å². The standard InChI is InChI=1S/C32H39N6O6/c1-22(2)18-27(30(41)33-19-29(40)37-16-6-10-26(37)20-39)34-31(42)28-11-7-17-38(28)32(43)44-21-23-12-14-25(15-13-23)36-35-24-8-4-3-5-9-24/h3-5,8-9,12-15,22,26-28H,6-7,10-11,16-19,21H2,1-2H3,(H,33,41)(H,34,42)/t26-,27-,28-/m0/s1. The lowest BCUT2D eigenvalue weighted by Gasteiger charge is -2.27. The number of carbonyl (C=O) groups excluding carboxylic acids is 5. The average molecular weight is 604 g/mol. The van der Waals surface area contributed by atoms with Gasteiger partial charge < -0.3 is 20.3 Å². The molecule has 0 bridgehead atoms. The molecule has 0 spiro atoms. The lowest BCUT2D eigenvalue weighted by atomic mass is 10.0. The van der Waals surface area contributed by atoms with Gasteiger partial charge in [-0.25, -0.2) is 4.79 Å². The number of nitrogens with one attached hydrogen (secondary N) is 2. The number of azo groups is 1. The maximum Gasteiger partial charge on any atom is 0.410 e. The van der Waals surface area contributed by atoms with Crippen LogP contribution in [0.2, 0.25) is 0 Å². The summed E-state index contributed by atoms with van der Waals surface area (Å²) in [4.78, 5) is 65.7. The molecule has 2 aromatic rings. The first-order chi connectivity index (χ1) is 21.2. The zero-order valence-electron chi connectivity index (χ0n) is 25.1. The SMILES string of the molecule is CC(C)C[C@H](NC(=O)[C@@H]1CCCN1C(=O)OCc1ccc(N=Nc2ccccc2)cc1)C(=O)NCC(=O)N1CCC[C@H]1[C]=O. The van der Waals surface area contributed by atoms with Crippen LogP contribution in [0.15, 0.2) is 64.8 Å². The van der Waals surface area contributed by atoms with E-state index in [0.717, 1.165) is 11.3 Å². The smallest absolute Gasteiger partial charge is 0.410 e. The monoisotopic (exact) mass is 603 g/mol. The Balaban J connectivity index is 1.28. The number of rotatable bonds is 12. The van der Waals surface area contributed by atoms with E-state index in [1.54, 1.807) is 24.3 Å². The van der Waals surface area contributed by atoms with Crippen molar-refractivity contribution in [1.29, 1.82) is 0 Å². The van der Waals surface area contributed by atoms with Crippen LogP contribution in [-0.4, -0.2) is 77.7 Å². The molecule has 2 aliphatic heterocycles. The molecule has 0 aromatic heterocycles. The van der Waals surface area contributed by atoms with Gasteiger partial charge in [-0.15, -0.1) is 0 Å². The predicted octanol–water partition coefficient (Wildman–Crippen LogP) is 3.95. The van der Waals surface area contributed by atoms with Crippen molar-refractivity contribution in [1.82, 2.24) is 20.4 Å². The van der Waals surface area contributed by atoms with E-state index in [9.17, 15) is 24.0 Å². The van der Waals surface area contributed by atoms with Gasteiger partial charge in [-0.2, -0.15) is 10.2 Å². The van der Waals surface area contributed by atoms with Gasteiger partial charge in [0.05, 0.1) is 24.0 Å². The Morgan fingerprint density at radius 2 is 1.59 bits per heavy atom. The molecule has 2 heterocycles. The minimum atomic E-state index is -0.890. The fraction of sp³-hybridized carbons (Fsp3) is 0.469. The number of hydrogen-bond acceptors (Lipinski definition) is 8. The molecule has 2 aliphatic rings. The van der Waals surface area contributed by atoms with Crippen LogP contribution in [0.25, 0.3) is 0 Å². The first kappa shape index (κ1) is 32.3. The summed E-state index contributed by atoms with van der Waals surface area (Å²) in [6.45, 7) is 4.39. The van der Waals surface area contributed by atoms with E-state index in [1.165, 1.54) is 9.80 Å². The quantitative estimate of drug-likeness (QED) is 0.351. The minimum absolute atomic E-state index is 0.0198. The summed E-state index contributed by atoms with van der Waals surface area (Å²) in [5.74, 6) is -1.24. The molecule has 2 saturated heterocycles. The Bertz CT molecular complexity index is 1330. The van der Waals surface area contributed by atoms with Crippen LogP contribution >= 0.6 is 0 Å². The van der Waals surface area contributed by atoms with E-state index in [-0.39, 0.29) is 25.0 Å². The third kappa shape index (κ3) is 8.95. The molecule has 233 valence electrons. The number of ether oxygens (including phenoxy) is 1. The van der Waals surface area contributed by atoms with Crippen molar-refractivity contribution in [3.05, 3.63) is 60.2 Å². The number of likely N-dealkylation sites (tertiary alicyclic amines) is 2. The molecule has 12 nitrogen and oxygen atoms in total. The normalized spacial score (nSPS) is 18.8. The van der Waals surface area contributed by atoms with E-state index < -0.39 is 36.0 Å². The summed E-state index contributed by atoms with van der Waals surface area (Å²) >= 11 is 0.